The fraction of sp³-hybridized carbons (Fsp3) is 0.652. The largest absolute Gasteiger partial charge is 0.419 e. The van der Waals surface area contributed by atoms with Crippen LogP contribution in [0.3, 0.4) is 0 Å². The average molecular weight is 447 g/mol. The van der Waals surface area contributed by atoms with Crippen LogP contribution in [0.25, 0.3) is 11.3 Å². The molecule has 2 aromatic rings. The molecule has 3 N–H and O–H groups in total. The molecule has 5 nitrogen and oxygen atoms in total. The zero-order valence-electron chi connectivity index (χ0n) is 20.3. The van der Waals surface area contributed by atoms with Crippen LogP contribution in [0.5, 0.6) is 0 Å². The Morgan fingerprint density at radius 1 is 1.10 bits per heavy atom. The van der Waals surface area contributed by atoms with E-state index in [1.165, 1.54) is 31.9 Å². The first-order chi connectivity index (χ1) is 14.7. The van der Waals surface area contributed by atoms with Crippen molar-refractivity contribution in [3.05, 3.63) is 30.1 Å². The topological polar surface area (TPSA) is 77.0 Å². The number of rotatable bonds is 2. The number of aliphatic hydroxyl groups excluding tert-OH is 1. The van der Waals surface area contributed by atoms with E-state index in [2.05, 4.69) is 17.0 Å². The number of anilines is 1. The van der Waals surface area contributed by atoms with E-state index in [9.17, 15) is 13.2 Å². The first-order valence-corrected chi connectivity index (χ1v) is 11.0. The SMILES string of the molecule is CC.CC.CC(C)n1ccc(-c2cnc(N)c(C(F)(F)F)c2)n1.CC1CCCC1.CO. The quantitative estimate of drug-likeness (QED) is 0.521. The zero-order valence-corrected chi connectivity index (χ0v) is 20.3. The Morgan fingerprint density at radius 3 is 1.97 bits per heavy atom. The van der Waals surface area contributed by atoms with Crippen LogP contribution in [0.4, 0.5) is 19.0 Å². The van der Waals surface area contributed by atoms with Crippen molar-refractivity contribution in [2.75, 3.05) is 12.8 Å². The second-order valence-electron chi connectivity index (χ2n) is 6.82. The Bertz CT molecular complexity index is 694. The molecule has 0 bridgehead atoms. The summed E-state index contributed by atoms with van der Waals surface area (Å²) in [5.41, 5.74) is 5.04. The maximum Gasteiger partial charge on any atom is 0.419 e. The minimum Gasteiger partial charge on any atom is -0.400 e. The maximum absolute atomic E-state index is 12.7. The van der Waals surface area contributed by atoms with Crippen molar-refractivity contribution in [1.29, 1.82) is 0 Å². The zero-order chi connectivity index (χ0) is 24.6. The lowest BCUT2D eigenvalue weighted by Crippen LogP contribution is -2.10. The summed E-state index contributed by atoms with van der Waals surface area (Å²) >= 11 is 0. The summed E-state index contributed by atoms with van der Waals surface area (Å²) in [6.45, 7) is 14.2. The van der Waals surface area contributed by atoms with Gasteiger partial charge in [0.1, 0.15) is 5.82 Å². The molecule has 31 heavy (non-hydrogen) atoms. The van der Waals surface area contributed by atoms with Crippen molar-refractivity contribution >= 4 is 5.82 Å². The molecule has 0 amide bonds. The van der Waals surface area contributed by atoms with Gasteiger partial charge in [-0.2, -0.15) is 18.3 Å². The first-order valence-electron chi connectivity index (χ1n) is 11.0. The summed E-state index contributed by atoms with van der Waals surface area (Å²) in [7, 11) is 1.00. The number of aromatic nitrogens is 3. The molecule has 0 aromatic carbocycles. The molecule has 180 valence electrons. The van der Waals surface area contributed by atoms with Crippen LogP contribution in [-0.2, 0) is 6.18 Å². The van der Waals surface area contributed by atoms with Gasteiger partial charge in [0.15, 0.2) is 0 Å². The minimum atomic E-state index is -4.52. The number of pyridine rings is 1. The molecule has 0 radical (unpaired) electrons. The van der Waals surface area contributed by atoms with Crippen LogP contribution < -0.4 is 5.73 Å². The lowest BCUT2D eigenvalue weighted by Gasteiger charge is -2.10. The highest BCUT2D eigenvalue weighted by Gasteiger charge is 2.34. The molecule has 3 rings (SSSR count). The summed E-state index contributed by atoms with van der Waals surface area (Å²) in [6, 6.07) is 2.75. The van der Waals surface area contributed by atoms with Crippen LogP contribution >= 0.6 is 0 Å². The number of halogens is 3. The Hall–Kier alpha value is -2.09. The second-order valence-corrected chi connectivity index (χ2v) is 6.82. The van der Waals surface area contributed by atoms with Gasteiger partial charge >= 0.3 is 6.18 Å². The van der Waals surface area contributed by atoms with Crippen LogP contribution in [0.15, 0.2) is 24.5 Å². The fourth-order valence-electron chi connectivity index (χ4n) is 2.75. The van der Waals surface area contributed by atoms with E-state index < -0.39 is 17.6 Å². The lowest BCUT2D eigenvalue weighted by atomic mass is 10.1. The number of nitrogen functional groups attached to an aromatic ring is 1. The second kappa shape index (κ2) is 16.6. The van der Waals surface area contributed by atoms with Gasteiger partial charge < -0.3 is 10.8 Å². The van der Waals surface area contributed by atoms with Crippen LogP contribution in [0, 0.1) is 5.92 Å². The summed E-state index contributed by atoms with van der Waals surface area (Å²) in [5.74, 6) is 0.518. The van der Waals surface area contributed by atoms with Crippen molar-refractivity contribution < 1.29 is 18.3 Å². The van der Waals surface area contributed by atoms with Crippen molar-refractivity contribution in [3.63, 3.8) is 0 Å². The molecule has 0 aliphatic heterocycles. The molecular weight excluding hydrogens is 405 g/mol. The third-order valence-electron chi connectivity index (χ3n) is 4.30. The highest BCUT2D eigenvalue weighted by atomic mass is 19.4. The van der Waals surface area contributed by atoms with Gasteiger partial charge in [-0.1, -0.05) is 60.3 Å². The molecular formula is C23H41F3N4O. The molecule has 1 aliphatic carbocycles. The fourth-order valence-corrected chi connectivity index (χ4v) is 2.75. The van der Waals surface area contributed by atoms with E-state index in [4.69, 9.17) is 10.8 Å². The van der Waals surface area contributed by atoms with E-state index in [-0.39, 0.29) is 6.04 Å². The van der Waals surface area contributed by atoms with Gasteiger partial charge in [-0.15, -0.1) is 0 Å². The predicted octanol–water partition coefficient (Wildman–Crippen LogP) is 6.98. The van der Waals surface area contributed by atoms with Gasteiger partial charge in [-0.3, -0.25) is 4.68 Å². The summed E-state index contributed by atoms with van der Waals surface area (Å²) in [6.07, 6.45) is 4.43. The summed E-state index contributed by atoms with van der Waals surface area (Å²) in [4.78, 5) is 3.58. The van der Waals surface area contributed by atoms with Crippen molar-refractivity contribution in [3.8, 4) is 11.3 Å². The third-order valence-corrected chi connectivity index (χ3v) is 4.30. The third kappa shape index (κ3) is 11.2. The van der Waals surface area contributed by atoms with E-state index >= 15 is 0 Å². The Balaban J connectivity index is 0. The lowest BCUT2D eigenvalue weighted by molar-refractivity contribution is -0.137. The molecule has 1 aliphatic rings. The van der Waals surface area contributed by atoms with E-state index in [0.717, 1.165) is 19.1 Å². The molecule has 1 fully saturated rings. The average Bonchev–Trinajstić information content (AvgIpc) is 3.44. The standard InChI is InChI=1S/C12H13F3N4.C6H12.2C2H6.CH4O/c1-7(2)19-4-3-10(18-19)8-5-9(12(13,14)15)11(16)17-6-8;1-6-4-2-3-5-6;3*1-2/h3-7H,1-2H3,(H2,16,17);6H,2-5H2,1H3;2*1-2H3;2H,1H3. The molecule has 1 saturated carbocycles. The number of nitrogens with two attached hydrogens (primary N) is 1. The van der Waals surface area contributed by atoms with E-state index in [0.29, 0.717) is 11.3 Å². The number of nitrogens with zero attached hydrogens (tertiary/aromatic N) is 3. The van der Waals surface area contributed by atoms with Crippen LogP contribution in [-0.4, -0.2) is 27.0 Å². The Morgan fingerprint density at radius 2 is 1.61 bits per heavy atom. The maximum atomic E-state index is 12.7. The van der Waals surface area contributed by atoms with Gasteiger partial charge in [0.2, 0.25) is 0 Å². The van der Waals surface area contributed by atoms with E-state index in [1.54, 1.807) is 16.9 Å². The van der Waals surface area contributed by atoms with Crippen molar-refractivity contribution in [1.82, 2.24) is 14.8 Å². The Labute approximate surface area is 185 Å². The van der Waals surface area contributed by atoms with Gasteiger partial charge in [0.05, 0.1) is 11.3 Å². The predicted molar refractivity (Wildman–Crippen MR) is 124 cm³/mol. The van der Waals surface area contributed by atoms with Gasteiger partial charge in [-0.05, 0) is 31.9 Å². The normalized spacial score (nSPS) is 12.9. The number of aliphatic hydroxyl groups is 1. The van der Waals surface area contributed by atoms with Crippen molar-refractivity contribution in [2.45, 2.75) is 86.4 Å². The molecule has 0 atom stereocenters. The minimum absolute atomic E-state index is 0.137. The Kier molecular flexibility index (Phi) is 16.6. The van der Waals surface area contributed by atoms with Crippen LogP contribution in [0.2, 0.25) is 0 Å². The van der Waals surface area contributed by atoms with Gasteiger partial charge in [0.25, 0.3) is 0 Å². The van der Waals surface area contributed by atoms with Gasteiger partial charge in [0, 0.05) is 31.1 Å². The molecule has 2 heterocycles. The summed E-state index contributed by atoms with van der Waals surface area (Å²) < 4.78 is 39.9. The molecule has 2 aromatic heterocycles. The highest BCUT2D eigenvalue weighted by Crippen LogP contribution is 2.34. The first kappa shape index (κ1) is 31.1. The molecule has 0 saturated heterocycles. The van der Waals surface area contributed by atoms with E-state index in [1.807, 2.05) is 41.5 Å². The van der Waals surface area contributed by atoms with Crippen molar-refractivity contribution in [2.24, 2.45) is 5.92 Å². The smallest absolute Gasteiger partial charge is 0.400 e. The van der Waals surface area contributed by atoms with Gasteiger partial charge in [-0.25, -0.2) is 4.98 Å². The summed E-state index contributed by atoms with van der Waals surface area (Å²) in [5, 5.41) is 11.2. The number of hydrogen-bond acceptors (Lipinski definition) is 4. The number of hydrogen-bond donors (Lipinski definition) is 2. The highest BCUT2D eigenvalue weighted by molar-refractivity contribution is 5.61. The monoisotopic (exact) mass is 446 g/mol. The molecule has 0 spiro atoms. The van der Waals surface area contributed by atoms with Crippen LogP contribution in [0.1, 0.15) is 85.8 Å². The number of alkyl halides is 3. The molecule has 8 heteroatoms. The molecule has 0 unspecified atom stereocenters.